The number of benzene rings is 1. The summed E-state index contributed by atoms with van der Waals surface area (Å²) in [4.78, 5) is 4.32. The van der Waals surface area contributed by atoms with Gasteiger partial charge in [0.1, 0.15) is 5.75 Å². The highest BCUT2D eigenvalue weighted by Gasteiger charge is 2.17. The molecule has 1 aliphatic heterocycles. The Morgan fingerprint density at radius 1 is 1.23 bits per heavy atom. The number of aryl methyl sites for hydroxylation is 1. The highest BCUT2D eigenvalue weighted by molar-refractivity contribution is 5.79. The summed E-state index contributed by atoms with van der Waals surface area (Å²) in [5, 5.41) is 10.9. The molecule has 3 rings (SSSR count). The minimum absolute atomic E-state index is 0.450. The van der Waals surface area contributed by atoms with Crippen LogP contribution >= 0.6 is 0 Å². The van der Waals surface area contributed by atoms with Crippen molar-refractivity contribution in [2.45, 2.75) is 59.0 Å². The van der Waals surface area contributed by atoms with Gasteiger partial charge in [-0.1, -0.05) is 31.1 Å². The number of ether oxygens (including phenoxy) is 2. The van der Waals surface area contributed by atoms with Gasteiger partial charge in [-0.15, -0.1) is 0 Å². The fraction of sp³-hybridized carbons (Fsp3) is 0.583. The minimum atomic E-state index is 0.450. The van der Waals surface area contributed by atoms with E-state index in [0.29, 0.717) is 37.5 Å². The van der Waals surface area contributed by atoms with Crippen LogP contribution < -0.4 is 15.4 Å². The van der Waals surface area contributed by atoms with Crippen molar-refractivity contribution in [1.29, 1.82) is 0 Å². The molecule has 7 heteroatoms. The van der Waals surface area contributed by atoms with Gasteiger partial charge in [0, 0.05) is 43.7 Å². The number of rotatable bonds is 10. The highest BCUT2D eigenvalue weighted by atomic mass is 16.5. The molecule has 0 radical (unpaired) electrons. The molecule has 2 heterocycles. The lowest BCUT2D eigenvalue weighted by molar-refractivity contribution is 0.166. The number of hydrogen-bond donors (Lipinski definition) is 2. The summed E-state index contributed by atoms with van der Waals surface area (Å²) in [6.07, 6.45) is 3.19. The number of nitrogens with one attached hydrogen (secondary N) is 2. The standard InChI is InChI=1S/C24H36N4O3/c1-5-19(6-2)22-12-21(31-28-22)14-27-24(25-4)26-13-20-8-7-17(3)11-23(20)30-16-18-9-10-29-15-18/h7-8,11-12,18-19H,5-6,9-10,13-16H2,1-4H3,(H2,25,26,27). The Bertz CT molecular complexity index is 839. The van der Waals surface area contributed by atoms with E-state index in [-0.39, 0.29) is 0 Å². The lowest BCUT2D eigenvalue weighted by atomic mass is 9.99. The number of hydrogen-bond acceptors (Lipinski definition) is 5. The molecular formula is C24H36N4O3. The average molecular weight is 429 g/mol. The van der Waals surface area contributed by atoms with Crippen LogP contribution in [-0.4, -0.2) is 38.0 Å². The van der Waals surface area contributed by atoms with Gasteiger partial charge in [-0.2, -0.15) is 0 Å². The minimum Gasteiger partial charge on any atom is -0.493 e. The molecule has 1 aliphatic rings. The van der Waals surface area contributed by atoms with Crippen LogP contribution in [0.2, 0.25) is 0 Å². The largest absolute Gasteiger partial charge is 0.493 e. The Morgan fingerprint density at radius 3 is 2.74 bits per heavy atom. The van der Waals surface area contributed by atoms with Crippen LogP contribution in [0.5, 0.6) is 5.75 Å². The summed E-state index contributed by atoms with van der Waals surface area (Å²) >= 11 is 0. The van der Waals surface area contributed by atoms with Crippen molar-refractivity contribution in [1.82, 2.24) is 15.8 Å². The maximum Gasteiger partial charge on any atom is 0.191 e. The zero-order chi connectivity index (χ0) is 22.1. The van der Waals surface area contributed by atoms with Crippen LogP contribution in [0.1, 0.15) is 61.6 Å². The van der Waals surface area contributed by atoms with Gasteiger partial charge in [0.25, 0.3) is 0 Å². The van der Waals surface area contributed by atoms with Gasteiger partial charge in [0.05, 0.1) is 25.5 Å². The molecule has 2 aromatic rings. The SMILES string of the molecule is CCC(CC)c1cc(CNC(=NC)NCc2ccc(C)cc2OCC2CCOC2)on1. The van der Waals surface area contributed by atoms with Crippen LogP contribution in [0, 0.1) is 12.8 Å². The molecule has 1 atom stereocenters. The maximum atomic E-state index is 6.14. The van der Waals surface area contributed by atoms with Gasteiger partial charge in [-0.3, -0.25) is 4.99 Å². The van der Waals surface area contributed by atoms with Crippen molar-refractivity contribution in [3.8, 4) is 5.75 Å². The van der Waals surface area contributed by atoms with Crippen molar-refractivity contribution < 1.29 is 14.0 Å². The molecule has 0 bridgehead atoms. The van der Waals surface area contributed by atoms with Crippen LogP contribution in [-0.2, 0) is 17.8 Å². The molecule has 31 heavy (non-hydrogen) atoms. The van der Waals surface area contributed by atoms with Gasteiger partial charge < -0.3 is 24.6 Å². The summed E-state index contributed by atoms with van der Waals surface area (Å²) in [5.41, 5.74) is 3.31. The van der Waals surface area contributed by atoms with Gasteiger partial charge in [0.2, 0.25) is 0 Å². The summed E-state index contributed by atoms with van der Waals surface area (Å²) in [6.45, 7) is 9.90. The van der Waals surface area contributed by atoms with E-state index >= 15 is 0 Å². The van der Waals surface area contributed by atoms with Gasteiger partial charge in [0.15, 0.2) is 11.7 Å². The average Bonchev–Trinajstić information content (AvgIpc) is 3.47. The molecule has 1 aromatic carbocycles. The highest BCUT2D eigenvalue weighted by Crippen LogP contribution is 2.23. The van der Waals surface area contributed by atoms with Crippen LogP contribution in [0.25, 0.3) is 0 Å². The summed E-state index contributed by atoms with van der Waals surface area (Å²) < 4.78 is 17.1. The Labute approximate surface area is 185 Å². The second-order valence-electron chi connectivity index (χ2n) is 8.16. The third-order valence-corrected chi connectivity index (χ3v) is 5.80. The summed E-state index contributed by atoms with van der Waals surface area (Å²) in [6, 6.07) is 8.34. The Balaban J connectivity index is 1.53. The molecule has 1 aromatic heterocycles. The molecule has 0 aliphatic carbocycles. The molecule has 1 fully saturated rings. The van der Waals surface area contributed by atoms with Crippen molar-refractivity contribution in [3.05, 3.63) is 46.8 Å². The van der Waals surface area contributed by atoms with E-state index in [1.54, 1.807) is 7.05 Å². The number of guanidine groups is 1. The zero-order valence-electron chi connectivity index (χ0n) is 19.2. The Kier molecular flexibility index (Phi) is 8.76. The fourth-order valence-corrected chi connectivity index (χ4v) is 3.75. The van der Waals surface area contributed by atoms with Crippen LogP contribution in [0.4, 0.5) is 0 Å². The van der Waals surface area contributed by atoms with Gasteiger partial charge in [-0.05, 0) is 37.8 Å². The van der Waals surface area contributed by atoms with E-state index in [1.165, 1.54) is 5.56 Å². The number of aromatic nitrogens is 1. The second kappa shape index (κ2) is 11.7. The van der Waals surface area contributed by atoms with E-state index in [1.807, 2.05) is 6.07 Å². The monoisotopic (exact) mass is 428 g/mol. The van der Waals surface area contributed by atoms with Crippen molar-refractivity contribution in [2.75, 3.05) is 26.9 Å². The van der Waals surface area contributed by atoms with E-state index < -0.39 is 0 Å². The van der Waals surface area contributed by atoms with E-state index in [0.717, 1.165) is 55.2 Å². The molecule has 0 spiro atoms. The smallest absolute Gasteiger partial charge is 0.191 e. The topological polar surface area (TPSA) is 80.9 Å². The first-order chi connectivity index (χ1) is 15.1. The predicted octanol–water partition coefficient (Wildman–Crippen LogP) is 4.17. The number of aliphatic imine (C=N–C) groups is 1. The first kappa shape index (κ1) is 23.1. The number of nitrogens with zero attached hydrogens (tertiary/aromatic N) is 2. The molecule has 7 nitrogen and oxygen atoms in total. The fourth-order valence-electron chi connectivity index (χ4n) is 3.75. The third kappa shape index (κ3) is 6.72. The Morgan fingerprint density at radius 2 is 2.03 bits per heavy atom. The molecule has 0 saturated carbocycles. The second-order valence-corrected chi connectivity index (χ2v) is 8.16. The van der Waals surface area contributed by atoms with E-state index in [9.17, 15) is 0 Å². The lowest BCUT2D eigenvalue weighted by Crippen LogP contribution is -2.36. The summed E-state index contributed by atoms with van der Waals surface area (Å²) in [5.74, 6) is 3.35. The summed E-state index contributed by atoms with van der Waals surface area (Å²) in [7, 11) is 1.76. The lowest BCUT2D eigenvalue weighted by Gasteiger charge is -2.16. The molecule has 1 unspecified atom stereocenters. The first-order valence-electron chi connectivity index (χ1n) is 11.3. The third-order valence-electron chi connectivity index (χ3n) is 5.80. The van der Waals surface area contributed by atoms with Crippen molar-refractivity contribution >= 4 is 5.96 Å². The van der Waals surface area contributed by atoms with Crippen LogP contribution in [0.15, 0.2) is 33.8 Å². The van der Waals surface area contributed by atoms with E-state index in [4.69, 9.17) is 14.0 Å². The van der Waals surface area contributed by atoms with Gasteiger partial charge in [-0.25, -0.2) is 0 Å². The van der Waals surface area contributed by atoms with Gasteiger partial charge >= 0.3 is 0 Å². The normalized spacial score (nSPS) is 16.7. The quantitative estimate of drug-likeness (QED) is 0.437. The van der Waals surface area contributed by atoms with Crippen molar-refractivity contribution in [3.63, 3.8) is 0 Å². The first-order valence-corrected chi connectivity index (χ1v) is 11.3. The Hall–Kier alpha value is -2.54. The molecule has 2 N–H and O–H groups in total. The van der Waals surface area contributed by atoms with Crippen LogP contribution in [0.3, 0.4) is 0 Å². The van der Waals surface area contributed by atoms with Crippen molar-refractivity contribution in [2.24, 2.45) is 10.9 Å². The van der Waals surface area contributed by atoms with E-state index in [2.05, 4.69) is 59.8 Å². The molecule has 0 amide bonds. The molecular weight excluding hydrogens is 392 g/mol. The predicted molar refractivity (Wildman–Crippen MR) is 122 cm³/mol. The maximum absolute atomic E-state index is 6.14. The zero-order valence-corrected chi connectivity index (χ0v) is 19.2. The molecule has 170 valence electrons. The molecule has 1 saturated heterocycles.